The topological polar surface area (TPSA) is 53.4 Å². The van der Waals surface area contributed by atoms with E-state index in [0.29, 0.717) is 11.6 Å². The minimum Gasteiger partial charge on any atom is -0.481 e. The first-order valence-corrected chi connectivity index (χ1v) is 7.83. The number of aliphatic carboxylic acids is 1. The van der Waals surface area contributed by atoms with Gasteiger partial charge in [-0.25, -0.2) is 4.98 Å². The molecule has 0 aromatic carbocycles. The highest BCUT2D eigenvalue weighted by atomic mass is 32.1. The van der Waals surface area contributed by atoms with Gasteiger partial charge in [-0.15, -0.1) is 11.3 Å². The molecular weight excluding hydrogens is 260 g/mol. The molecule has 1 N–H and O–H groups in total. The number of likely N-dealkylation sites (N-methyl/N-ethyl adjacent to an activating group) is 1. The Balaban J connectivity index is 2.53. The Kier molecular flexibility index (Phi) is 7.02. The fourth-order valence-corrected chi connectivity index (χ4v) is 2.88. The van der Waals surface area contributed by atoms with Gasteiger partial charge in [-0.2, -0.15) is 0 Å². The second kappa shape index (κ2) is 8.27. The minimum absolute atomic E-state index is 0.0244. The molecule has 0 bridgehead atoms. The van der Waals surface area contributed by atoms with E-state index < -0.39 is 5.97 Å². The Morgan fingerprint density at radius 3 is 2.84 bits per heavy atom. The molecule has 0 saturated carbocycles. The lowest BCUT2D eigenvalue weighted by Crippen LogP contribution is -2.28. The summed E-state index contributed by atoms with van der Waals surface area (Å²) >= 11 is 1.57. The van der Waals surface area contributed by atoms with E-state index in [-0.39, 0.29) is 6.42 Å². The van der Waals surface area contributed by atoms with E-state index in [1.54, 1.807) is 11.3 Å². The number of carbonyl (C=O) groups is 1. The Morgan fingerprint density at radius 2 is 2.26 bits per heavy atom. The maximum atomic E-state index is 10.6. The molecule has 1 rings (SSSR count). The molecule has 0 amide bonds. The predicted molar refractivity (Wildman–Crippen MR) is 78.9 cm³/mol. The van der Waals surface area contributed by atoms with Gasteiger partial charge in [0.15, 0.2) is 0 Å². The van der Waals surface area contributed by atoms with Gasteiger partial charge < -0.3 is 10.0 Å². The van der Waals surface area contributed by atoms with Crippen molar-refractivity contribution in [2.24, 2.45) is 0 Å². The molecule has 108 valence electrons. The summed E-state index contributed by atoms with van der Waals surface area (Å²) in [6.07, 6.45) is 2.46. The van der Waals surface area contributed by atoms with Crippen LogP contribution >= 0.6 is 11.3 Å². The molecule has 5 heteroatoms. The monoisotopic (exact) mass is 284 g/mol. The summed E-state index contributed by atoms with van der Waals surface area (Å²) in [4.78, 5) is 17.5. The molecule has 19 heavy (non-hydrogen) atoms. The Bertz CT molecular complexity index is 393. The molecule has 0 saturated heterocycles. The van der Waals surface area contributed by atoms with E-state index in [1.807, 2.05) is 5.38 Å². The molecule has 4 nitrogen and oxygen atoms in total. The van der Waals surface area contributed by atoms with Gasteiger partial charge in [0.2, 0.25) is 0 Å². The Hall–Kier alpha value is -0.940. The number of hydrogen-bond acceptors (Lipinski definition) is 4. The van der Waals surface area contributed by atoms with E-state index in [1.165, 1.54) is 12.8 Å². The van der Waals surface area contributed by atoms with E-state index in [0.717, 1.165) is 24.6 Å². The van der Waals surface area contributed by atoms with Gasteiger partial charge in [-0.1, -0.05) is 27.2 Å². The number of hydrogen-bond donors (Lipinski definition) is 1. The normalized spacial score (nSPS) is 12.8. The van der Waals surface area contributed by atoms with Gasteiger partial charge >= 0.3 is 5.97 Å². The second-order valence-corrected chi connectivity index (χ2v) is 5.79. The third-order valence-electron chi connectivity index (χ3n) is 3.13. The number of nitrogens with zero attached hydrogens (tertiary/aromatic N) is 2. The first kappa shape index (κ1) is 16.1. The van der Waals surface area contributed by atoms with Crippen LogP contribution in [0.5, 0.6) is 0 Å². The zero-order valence-electron chi connectivity index (χ0n) is 12.1. The van der Waals surface area contributed by atoms with Crippen molar-refractivity contribution in [1.82, 2.24) is 9.88 Å². The molecule has 0 aliphatic rings. The summed E-state index contributed by atoms with van der Waals surface area (Å²) in [5.74, 6) is -0.452. The van der Waals surface area contributed by atoms with Crippen LogP contribution in [0.15, 0.2) is 5.38 Å². The zero-order chi connectivity index (χ0) is 14.3. The van der Waals surface area contributed by atoms with E-state index in [9.17, 15) is 4.79 Å². The van der Waals surface area contributed by atoms with Gasteiger partial charge in [0.1, 0.15) is 0 Å². The first-order chi connectivity index (χ1) is 9.06. The molecule has 0 aliphatic heterocycles. The molecule has 0 aliphatic carbocycles. The predicted octanol–water partition coefficient (Wildman–Crippen LogP) is 3.00. The van der Waals surface area contributed by atoms with Crippen LogP contribution in [0.4, 0.5) is 0 Å². The smallest absolute Gasteiger partial charge is 0.309 e. The molecule has 0 fully saturated rings. The van der Waals surface area contributed by atoms with Gasteiger partial charge in [0.05, 0.1) is 17.1 Å². The van der Waals surface area contributed by atoms with Gasteiger partial charge in [0, 0.05) is 17.8 Å². The lowest BCUT2D eigenvalue weighted by Gasteiger charge is -2.23. The zero-order valence-corrected chi connectivity index (χ0v) is 12.9. The number of aromatic nitrogens is 1. The summed E-state index contributed by atoms with van der Waals surface area (Å²) in [6, 6.07) is 0. The standard InChI is InChI=1S/C14H24N2O2S/c1-4-6-7-16(5-2)9-11(3)14-15-12(10-19-14)8-13(17)18/h10-11H,4-9H2,1-3H3,(H,17,18). The Morgan fingerprint density at radius 1 is 1.53 bits per heavy atom. The third-order valence-corrected chi connectivity index (χ3v) is 4.26. The SMILES string of the molecule is CCCCN(CC)CC(C)c1nc(CC(=O)O)cs1. The fourth-order valence-electron chi connectivity index (χ4n) is 2.01. The quantitative estimate of drug-likeness (QED) is 0.757. The van der Waals surface area contributed by atoms with Crippen LogP contribution in [0.3, 0.4) is 0 Å². The molecule has 1 atom stereocenters. The van der Waals surface area contributed by atoms with Crippen LogP contribution in [0.25, 0.3) is 0 Å². The van der Waals surface area contributed by atoms with E-state index in [4.69, 9.17) is 5.11 Å². The number of unbranched alkanes of at least 4 members (excludes halogenated alkanes) is 1. The molecule has 1 aromatic rings. The van der Waals surface area contributed by atoms with Crippen LogP contribution in [-0.4, -0.2) is 40.6 Å². The van der Waals surface area contributed by atoms with Crippen molar-refractivity contribution in [3.8, 4) is 0 Å². The third kappa shape index (κ3) is 5.70. The number of carboxylic acid groups (broad SMARTS) is 1. The van der Waals surface area contributed by atoms with Crippen molar-refractivity contribution < 1.29 is 9.90 Å². The lowest BCUT2D eigenvalue weighted by molar-refractivity contribution is -0.136. The largest absolute Gasteiger partial charge is 0.481 e. The fraction of sp³-hybridized carbons (Fsp3) is 0.714. The maximum absolute atomic E-state index is 10.6. The van der Waals surface area contributed by atoms with E-state index >= 15 is 0 Å². The summed E-state index contributed by atoms with van der Waals surface area (Å²) in [5.41, 5.74) is 0.677. The van der Waals surface area contributed by atoms with Crippen LogP contribution in [0.2, 0.25) is 0 Å². The van der Waals surface area contributed by atoms with Crippen LogP contribution in [-0.2, 0) is 11.2 Å². The summed E-state index contributed by atoms with van der Waals surface area (Å²) in [6.45, 7) is 9.73. The molecule has 0 radical (unpaired) electrons. The van der Waals surface area contributed by atoms with Crippen molar-refractivity contribution in [2.45, 2.75) is 46.0 Å². The van der Waals surface area contributed by atoms with Gasteiger partial charge in [-0.05, 0) is 19.5 Å². The minimum atomic E-state index is -0.817. The molecule has 1 aromatic heterocycles. The number of carboxylic acids is 1. The number of thiazole rings is 1. The molecule has 0 spiro atoms. The van der Waals surface area contributed by atoms with Gasteiger partial charge in [0.25, 0.3) is 0 Å². The number of rotatable bonds is 9. The highest BCUT2D eigenvalue weighted by Gasteiger charge is 2.15. The van der Waals surface area contributed by atoms with Crippen molar-refractivity contribution in [3.63, 3.8) is 0 Å². The van der Waals surface area contributed by atoms with Crippen molar-refractivity contribution in [1.29, 1.82) is 0 Å². The van der Waals surface area contributed by atoms with Crippen molar-refractivity contribution in [3.05, 3.63) is 16.1 Å². The molecule has 1 unspecified atom stereocenters. The van der Waals surface area contributed by atoms with Crippen LogP contribution < -0.4 is 0 Å². The average Bonchev–Trinajstić information content (AvgIpc) is 2.81. The van der Waals surface area contributed by atoms with E-state index in [2.05, 4.69) is 30.7 Å². The Labute approximate surface area is 119 Å². The summed E-state index contributed by atoms with van der Waals surface area (Å²) < 4.78 is 0. The highest BCUT2D eigenvalue weighted by molar-refractivity contribution is 7.09. The first-order valence-electron chi connectivity index (χ1n) is 6.95. The average molecular weight is 284 g/mol. The summed E-state index contributed by atoms with van der Waals surface area (Å²) in [5, 5.41) is 11.7. The lowest BCUT2D eigenvalue weighted by atomic mass is 10.1. The second-order valence-electron chi connectivity index (χ2n) is 4.90. The van der Waals surface area contributed by atoms with Crippen molar-refractivity contribution >= 4 is 17.3 Å². The highest BCUT2D eigenvalue weighted by Crippen LogP contribution is 2.21. The molecular formula is C14H24N2O2S. The van der Waals surface area contributed by atoms with Gasteiger partial charge in [-0.3, -0.25) is 4.79 Å². The summed E-state index contributed by atoms with van der Waals surface area (Å²) in [7, 11) is 0. The van der Waals surface area contributed by atoms with Crippen LogP contribution in [0.1, 0.15) is 50.2 Å². The molecule has 1 heterocycles. The van der Waals surface area contributed by atoms with Crippen LogP contribution in [0, 0.1) is 0 Å². The maximum Gasteiger partial charge on any atom is 0.309 e. The van der Waals surface area contributed by atoms with Crippen molar-refractivity contribution in [2.75, 3.05) is 19.6 Å².